The summed E-state index contributed by atoms with van der Waals surface area (Å²) in [6, 6.07) is 5.02. The number of rotatable bonds is 3. The van der Waals surface area contributed by atoms with Gasteiger partial charge in [0.25, 0.3) is 0 Å². The molecule has 0 radical (unpaired) electrons. The van der Waals surface area contributed by atoms with Gasteiger partial charge in [0.15, 0.2) is 0 Å². The first-order chi connectivity index (χ1) is 8.37. The van der Waals surface area contributed by atoms with Crippen molar-refractivity contribution in [3.63, 3.8) is 0 Å². The smallest absolute Gasteiger partial charge is 0.236 e. The zero-order valence-electron chi connectivity index (χ0n) is 9.47. The fourth-order valence-corrected chi connectivity index (χ4v) is 2.92. The van der Waals surface area contributed by atoms with Gasteiger partial charge in [-0.05, 0) is 24.6 Å². The van der Waals surface area contributed by atoms with Crippen LogP contribution in [0.15, 0.2) is 30.6 Å². The van der Waals surface area contributed by atoms with Gasteiger partial charge in [0.05, 0.1) is 16.5 Å². The summed E-state index contributed by atoms with van der Waals surface area (Å²) in [4.78, 5) is 4.10. The van der Waals surface area contributed by atoms with Gasteiger partial charge in [0.2, 0.25) is 9.05 Å². The van der Waals surface area contributed by atoms with E-state index >= 15 is 0 Å². The van der Waals surface area contributed by atoms with Gasteiger partial charge in [-0.15, -0.1) is 0 Å². The Balaban J connectivity index is 2.40. The molecule has 4 nitrogen and oxygen atoms in total. The van der Waals surface area contributed by atoms with Crippen molar-refractivity contribution in [1.29, 1.82) is 0 Å². The highest BCUT2D eigenvalue weighted by molar-refractivity contribution is 8.13. The van der Waals surface area contributed by atoms with E-state index in [0.29, 0.717) is 10.6 Å². The van der Waals surface area contributed by atoms with Crippen LogP contribution >= 0.6 is 22.3 Å². The maximum Gasteiger partial charge on any atom is 0.236 e. The topological polar surface area (TPSA) is 52.0 Å². The van der Waals surface area contributed by atoms with Gasteiger partial charge < -0.3 is 4.57 Å². The lowest BCUT2D eigenvalue weighted by Crippen LogP contribution is -1.99. The summed E-state index contributed by atoms with van der Waals surface area (Å²) in [5.41, 5.74) is 1.30. The molecule has 18 heavy (non-hydrogen) atoms. The van der Waals surface area contributed by atoms with E-state index in [-0.39, 0.29) is 5.75 Å². The monoisotopic (exact) mass is 304 g/mol. The Hall–Kier alpha value is -1.04. The minimum Gasteiger partial charge on any atom is -0.302 e. The maximum absolute atomic E-state index is 11.0. The third kappa shape index (κ3) is 3.04. The maximum atomic E-state index is 11.0. The molecule has 0 aliphatic carbocycles. The van der Waals surface area contributed by atoms with E-state index in [1.54, 1.807) is 30.6 Å². The van der Waals surface area contributed by atoms with Crippen molar-refractivity contribution in [1.82, 2.24) is 9.55 Å². The molecule has 0 aliphatic heterocycles. The second kappa shape index (κ2) is 4.91. The highest BCUT2D eigenvalue weighted by atomic mass is 35.7. The van der Waals surface area contributed by atoms with Crippen LogP contribution in [0.2, 0.25) is 5.02 Å². The molecule has 0 unspecified atom stereocenters. The molecule has 0 saturated heterocycles. The minimum atomic E-state index is -3.57. The van der Waals surface area contributed by atoms with E-state index in [2.05, 4.69) is 4.98 Å². The average molecular weight is 305 g/mol. The summed E-state index contributed by atoms with van der Waals surface area (Å²) in [6.07, 6.45) is 3.46. The Bertz CT molecular complexity index is 680. The van der Waals surface area contributed by atoms with E-state index < -0.39 is 9.05 Å². The number of hydrogen-bond acceptors (Lipinski definition) is 3. The van der Waals surface area contributed by atoms with Gasteiger partial charge in [-0.2, -0.15) is 0 Å². The molecule has 1 aromatic heterocycles. The minimum absolute atomic E-state index is 0.239. The van der Waals surface area contributed by atoms with Crippen molar-refractivity contribution in [2.75, 3.05) is 0 Å². The Labute approximate surface area is 115 Å². The molecule has 2 rings (SSSR count). The van der Waals surface area contributed by atoms with E-state index in [1.807, 2.05) is 11.5 Å². The average Bonchev–Trinajstić information content (AvgIpc) is 2.62. The summed E-state index contributed by atoms with van der Waals surface area (Å²) >= 11 is 6.14. The molecular weight excluding hydrogens is 295 g/mol. The lowest BCUT2D eigenvalue weighted by atomic mass is 10.2. The van der Waals surface area contributed by atoms with Crippen LogP contribution in [0, 0.1) is 6.92 Å². The van der Waals surface area contributed by atoms with Gasteiger partial charge in [-0.25, -0.2) is 13.4 Å². The summed E-state index contributed by atoms with van der Waals surface area (Å²) in [6.45, 7) is 1.85. The number of benzene rings is 1. The van der Waals surface area contributed by atoms with Crippen LogP contribution in [0.1, 0.15) is 11.4 Å². The van der Waals surface area contributed by atoms with Crippen molar-refractivity contribution in [2.45, 2.75) is 12.7 Å². The lowest BCUT2D eigenvalue weighted by molar-refractivity contribution is 0.609. The predicted molar refractivity (Wildman–Crippen MR) is 71.8 cm³/mol. The second-order valence-corrected chi connectivity index (χ2v) is 7.00. The van der Waals surface area contributed by atoms with Crippen molar-refractivity contribution in [3.05, 3.63) is 47.0 Å². The number of aromatic nitrogens is 2. The Morgan fingerprint density at radius 1 is 1.39 bits per heavy atom. The Morgan fingerprint density at radius 2 is 2.11 bits per heavy atom. The van der Waals surface area contributed by atoms with Crippen LogP contribution in [0.25, 0.3) is 5.69 Å². The summed E-state index contributed by atoms with van der Waals surface area (Å²) in [5.74, 6) is 0.562. The highest BCUT2D eigenvalue weighted by Gasteiger charge is 2.10. The van der Waals surface area contributed by atoms with E-state index in [1.165, 1.54) is 0 Å². The van der Waals surface area contributed by atoms with Crippen molar-refractivity contribution in [3.8, 4) is 5.69 Å². The van der Waals surface area contributed by atoms with Gasteiger partial charge in [-0.3, -0.25) is 0 Å². The lowest BCUT2D eigenvalue weighted by Gasteiger charge is -2.08. The third-order valence-electron chi connectivity index (χ3n) is 2.44. The van der Waals surface area contributed by atoms with Crippen LogP contribution < -0.4 is 0 Å². The fourth-order valence-electron chi connectivity index (χ4n) is 1.67. The van der Waals surface area contributed by atoms with Crippen molar-refractivity contribution in [2.24, 2.45) is 0 Å². The number of nitrogens with zero attached hydrogens (tertiary/aromatic N) is 2. The van der Waals surface area contributed by atoms with Crippen molar-refractivity contribution < 1.29 is 8.42 Å². The first-order valence-electron chi connectivity index (χ1n) is 5.08. The quantitative estimate of drug-likeness (QED) is 0.819. The molecule has 1 heterocycles. The third-order valence-corrected chi connectivity index (χ3v) is 3.74. The van der Waals surface area contributed by atoms with Crippen LogP contribution in [0.5, 0.6) is 0 Å². The van der Waals surface area contributed by atoms with Gasteiger partial charge in [0.1, 0.15) is 5.82 Å². The molecule has 96 valence electrons. The molecule has 0 atom stereocenters. The second-order valence-electron chi connectivity index (χ2n) is 3.81. The number of halogens is 2. The molecule has 0 saturated carbocycles. The molecule has 0 fully saturated rings. The van der Waals surface area contributed by atoms with Gasteiger partial charge >= 0.3 is 0 Å². The molecule has 0 spiro atoms. The Morgan fingerprint density at radius 3 is 2.61 bits per heavy atom. The van der Waals surface area contributed by atoms with E-state index in [4.69, 9.17) is 22.3 Å². The van der Waals surface area contributed by atoms with E-state index in [0.717, 1.165) is 11.5 Å². The molecule has 1 aromatic carbocycles. The summed E-state index contributed by atoms with van der Waals surface area (Å²) in [7, 11) is 1.62. The first kappa shape index (κ1) is 13.4. The SMILES string of the molecule is Cc1nccn1-c1ccc(CS(=O)(=O)Cl)cc1Cl. The van der Waals surface area contributed by atoms with Crippen LogP contribution in [-0.2, 0) is 14.8 Å². The predicted octanol–water partition coefficient (Wildman–Crippen LogP) is 2.90. The fraction of sp³-hybridized carbons (Fsp3) is 0.182. The molecule has 0 N–H and O–H groups in total. The zero-order valence-corrected chi connectivity index (χ0v) is 11.8. The van der Waals surface area contributed by atoms with Crippen LogP contribution in [0.3, 0.4) is 0 Å². The number of hydrogen-bond donors (Lipinski definition) is 0. The number of imidazole rings is 1. The Kier molecular flexibility index (Phi) is 3.66. The molecule has 0 bridgehead atoms. The molecule has 0 aliphatic rings. The van der Waals surface area contributed by atoms with E-state index in [9.17, 15) is 8.42 Å². The standard InChI is InChI=1S/C11H10Cl2N2O2S/c1-8-14-4-5-15(8)11-3-2-9(6-10(11)12)7-18(13,16)17/h2-6H,7H2,1H3. The summed E-state index contributed by atoms with van der Waals surface area (Å²) < 4.78 is 23.8. The molecular formula is C11H10Cl2N2O2S. The van der Waals surface area contributed by atoms with Gasteiger partial charge in [0, 0.05) is 23.1 Å². The first-order valence-corrected chi connectivity index (χ1v) is 7.93. The zero-order chi connectivity index (χ0) is 13.3. The number of aryl methyl sites for hydroxylation is 1. The summed E-state index contributed by atoms with van der Waals surface area (Å²) in [5, 5.41) is 0.453. The molecule has 7 heteroatoms. The largest absolute Gasteiger partial charge is 0.302 e. The molecule has 0 amide bonds. The normalized spacial score (nSPS) is 11.7. The van der Waals surface area contributed by atoms with Crippen LogP contribution in [0.4, 0.5) is 0 Å². The highest BCUT2D eigenvalue weighted by Crippen LogP contribution is 2.24. The van der Waals surface area contributed by atoms with Crippen molar-refractivity contribution >= 4 is 31.3 Å². The van der Waals surface area contributed by atoms with Gasteiger partial charge in [-0.1, -0.05) is 17.7 Å². The molecule has 2 aromatic rings. The van der Waals surface area contributed by atoms with Crippen LogP contribution in [-0.4, -0.2) is 18.0 Å².